The Morgan fingerprint density at radius 2 is 1.56 bits per heavy atom. The average molecular weight is 303 g/mol. The van der Waals surface area contributed by atoms with Crippen LogP contribution in [0.5, 0.6) is 0 Å². The second kappa shape index (κ2) is 5.59. The topological polar surface area (TPSA) is 74.0 Å². The predicted octanol–water partition coefficient (Wildman–Crippen LogP) is -1.25. The predicted molar refractivity (Wildman–Crippen MR) is 39.9 cm³/mol. The van der Waals surface area contributed by atoms with E-state index in [2.05, 4.69) is 9.97 Å². The number of hydrogen-bond acceptors (Lipinski definition) is 4. The molecule has 18 heavy (non-hydrogen) atoms. The van der Waals surface area contributed by atoms with E-state index in [-0.39, 0.29) is 29.6 Å². The van der Waals surface area contributed by atoms with E-state index in [0.717, 1.165) is 0 Å². The van der Waals surface area contributed by atoms with Crippen molar-refractivity contribution in [3.63, 3.8) is 0 Å². The van der Waals surface area contributed by atoms with Gasteiger partial charge in [0.25, 0.3) is 16.0 Å². The summed E-state index contributed by atoms with van der Waals surface area (Å²) in [5.41, 5.74) is -5.84. The normalized spacial score (nSPS) is 11.9. The molecule has 0 radical (unpaired) electrons. The van der Waals surface area contributed by atoms with Crippen molar-refractivity contribution in [1.82, 2.24) is 9.97 Å². The molecule has 0 fully saturated rings. The molecule has 0 spiro atoms. The summed E-state index contributed by atoms with van der Waals surface area (Å²) in [4.78, 5) is 4.46. The van der Waals surface area contributed by atoms with Gasteiger partial charge in [-0.1, -0.05) is 0 Å². The van der Waals surface area contributed by atoms with Gasteiger partial charge in [-0.3, -0.25) is 0 Å². The van der Waals surface area contributed by atoms with E-state index in [1.165, 1.54) is 0 Å². The zero-order valence-corrected chi connectivity index (χ0v) is 11.2. The molecule has 1 aromatic rings. The van der Waals surface area contributed by atoms with Gasteiger partial charge in [-0.2, -0.15) is 26.9 Å². The van der Waals surface area contributed by atoms with Gasteiger partial charge in [-0.15, -0.1) is 0 Å². The van der Waals surface area contributed by atoms with Crippen molar-refractivity contribution in [2.24, 2.45) is 0 Å². The number of aromatic nitrogens is 2. The number of nitrogens with zero attached hydrogens (tertiary/aromatic N) is 3. The van der Waals surface area contributed by atoms with Crippen molar-refractivity contribution in [1.29, 1.82) is 0 Å². The first-order chi connectivity index (χ1) is 7.54. The molecule has 5 nitrogen and oxygen atoms in total. The van der Waals surface area contributed by atoms with Gasteiger partial charge in [0.15, 0.2) is 5.82 Å². The van der Waals surface area contributed by atoms with Gasteiger partial charge in [0.1, 0.15) is 0 Å². The maximum atomic E-state index is 12.7. The van der Waals surface area contributed by atoms with Gasteiger partial charge in [-0.05, 0) is 5.82 Å². The molecule has 0 saturated carbocycles. The first-order valence-electron chi connectivity index (χ1n) is 3.47. The van der Waals surface area contributed by atoms with Gasteiger partial charge in [0, 0.05) is 0 Å². The van der Waals surface area contributed by atoms with Crippen LogP contribution in [0.25, 0.3) is 4.72 Å². The van der Waals surface area contributed by atoms with Crippen LogP contribution in [0.2, 0.25) is 0 Å². The standard InChI is InChI=1S/C5F6N3O2S.Na/c6-1-2(7)12-4(8)13-3(1)14-17(15,16)5(9,10)11;/q-1;+1. The van der Waals surface area contributed by atoms with Crippen molar-refractivity contribution in [2.45, 2.75) is 5.51 Å². The van der Waals surface area contributed by atoms with E-state index >= 15 is 0 Å². The molecular weight excluding hydrogens is 303 g/mol. The number of alkyl halides is 3. The summed E-state index contributed by atoms with van der Waals surface area (Å²) in [7, 11) is -6.15. The number of sulfonamides is 1. The molecule has 13 heteroatoms. The molecule has 0 aromatic carbocycles. The fourth-order valence-electron chi connectivity index (χ4n) is 0.610. The minimum Gasteiger partial charge on any atom is -0.391 e. The van der Waals surface area contributed by atoms with E-state index in [1.54, 1.807) is 0 Å². The van der Waals surface area contributed by atoms with Gasteiger partial charge in [-0.25, -0.2) is 12.8 Å². The van der Waals surface area contributed by atoms with Gasteiger partial charge >= 0.3 is 35.1 Å². The van der Waals surface area contributed by atoms with Crippen LogP contribution in [0.4, 0.5) is 32.2 Å². The van der Waals surface area contributed by atoms with E-state index < -0.39 is 39.2 Å². The zero-order valence-electron chi connectivity index (χ0n) is 8.33. The summed E-state index contributed by atoms with van der Waals surface area (Å²) in [5.74, 6) is -6.26. The summed E-state index contributed by atoms with van der Waals surface area (Å²) >= 11 is 0. The molecule has 1 aromatic heterocycles. The van der Waals surface area contributed by atoms with E-state index in [0.29, 0.717) is 0 Å². The van der Waals surface area contributed by atoms with Crippen molar-refractivity contribution in [2.75, 3.05) is 0 Å². The maximum Gasteiger partial charge on any atom is 1.00 e. The van der Waals surface area contributed by atoms with Gasteiger partial charge in [0.2, 0.25) is 6.08 Å². The first kappa shape index (κ1) is 17.4. The van der Waals surface area contributed by atoms with Crippen LogP contribution in [-0.2, 0) is 10.0 Å². The average Bonchev–Trinajstić information content (AvgIpc) is 2.11. The monoisotopic (exact) mass is 303 g/mol. The van der Waals surface area contributed by atoms with Crippen molar-refractivity contribution < 1.29 is 64.3 Å². The molecule has 1 heterocycles. The van der Waals surface area contributed by atoms with Crippen LogP contribution in [-0.4, -0.2) is 23.9 Å². The van der Waals surface area contributed by atoms with E-state index in [4.69, 9.17) is 0 Å². The number of rotatable bonds is 2. The van der Waals surface area contributed by atoms with Crippen molar-refractivity contribution in [3.05, 3.63) is 22.6 Å². The Morgan fingerprint density at radius 3 is 2.00 bits per heavy atom. The SMILES string of the molecule is O=S(=O)([N-]c1nc(F)nc(F)c1F)C(F)(F)F.[Na+]. The Morgan fingerprint density at radius 1 is 1.06 bits per heavy atom. The largest absolute Gasteiger partial charge is 1.00 e. The van der Waals surface area contributed by atoms with Gasteiger partial charge in [0.05, 0.1) is 0 Å². The minimum absolute atomic E-state index is 0. The molecule has 96 valence electrons. The van der Waals surface area contributed by atoms with Crippen LogP contribution in [0.15, 0.2) is 0 Å². The summed E-state index contributed by atoms with van der Waals surface area (Å²) in [6, 6.07) is 0. The number of hydrogen-bond donors (Lipinski definition) is 0. The molecule has 0 saturated heterocycles. The quantitative estimate of drug-likeness (QED) is 0.296. The Balaban J connectivity index is 0.00000289. The Labute approximate surface area is 118 Å². The van der Waals surface area contributed by atoms with Gasteiger partial charge < -0.3 is 9.71 Å². The molecule has 0 N–H and O–H groups in total. The van der Waals surface area contributed by atoms with Crippen LogP contribution >= 0.6 is 0 Å². The molecule has 0 amide bonds. The van der Waals surface area contributed by atoms with Crippen molar-refractivity contribution in [3.8, 4) is 0 Å². The fourth-order valence-corrected chi connectivity index (χ4v) is 1.06. The summed E-state index contributed by atoms with van der Waals surface area (Å²) in [6.07, 6.45) is -1.96. The fraction of sp³-hybridized carbons (Fsp3) is 0.200. The third kappa shape index (κ3) is 3.70. The molecule has 0 unspecified atom stereocenters. The van der Waals surface area contributed by atoms with Crippen LogP contribution in [0, 0.1) is 17.8 Å². The molecule has 0 bridgehead atoms. The first-order valence-corrected chi connectivity index (χ1v) is 4.91. The Bertz CT molecular complexity index is 547. The smallest absolute Gasteiger partial charge is 0.391 e. The molecule has 0 atom stereocenters. The summed E-state index contributed by atoms with van der Waals surface area (Å²) < 4.78 is 95.6. The molecule has 0 aliphatic heterocycles. The Kier molecular flexibility index (Phi) is 5.40. The molecule has 0 aliphatic carbocycles. The summed E-state index contributed by atoms with van der Waals surface area (Å²) in [5, 5.41) is 0. The Hall–Kier alpha value is -0.590. The zero-order chi connectivity index (χ0) is 13.4. The molecule has 0 aliphatic rings. The second-order valence-electron chi connectivity index (χ2n) is 2.43. The van der Waals surface area contributed by atoms with E-state index in [1.807, 2.05) is 4.72 Å². The van der Waals surface area contributed by atoms with Crippen molar-refractivity contribution >= 4 is 15.8 Å². The maximum absolute atomic E-state index is 12.7. The van der Waals surface area contributed by atoms with Crippen LogP contribution < -0.4 is 29.6 Å². The van der Waals surface area contributed by atoms with Crippen LogP contribution in [0.3, 0.4) is 0 Å². The summed E-state index contributed by atoms with van der Waals surface area (Å²) in [6.45, 7) is 0. The molecular formula is C5F6N3NaO2S. The minimum atomic E-state index is -6.15. The molecule has 1 rings (SSSR count). The second-order valence-corrected chi connectivity index (χ2v) is 4.03. The number of halogens is 6. The third-order valence-electron chi connectivity index (χ3n) is 1.27. The van der Waals surface area contributed by atoms with E-state index in [9.17, 15) is 34.8 Å². The van der Waals surface area contributed by atoms with Crippen LogP contribution in [0.1, 0.15) is 0 Å². The third-order valence-corrected chi connectivity index (χ3v) is 2.26.